The van der Waals surface area contributed by atoms with Crippen LogP contribution in [0.4, 0.5) is 5.69 Å². The summed E-state index contributed by atoms with van der Waals surface area (Å²) in [4.78, 5) is 2.48. The summed E-state index contributed by atoms with van der Waals surface area (Å²) in [6.45, 7) is 0.934. The van der Waals surface area contributed by atoms with Crippen LogP contribution in [0.2, 0.25) is 0 Å². The zero-order valence-electron chi connectivity index (χ0n) is 13.6. The molecular formula is C19H21NO2S2. The van der Waals surface area contributed by atoms with Gasteiger partial charge in [-0.1, -0.05) is 18.2 Å². The van der Waals surface area contributed by atoms with E-state index in [2.05, 4.69) is 40.6 Å². The molecule has 2 fully saturated rings. The van der Waals surface area contributed by atoms with Gasteiger partial charge in [0.25, 0.3) is 0 Å². The van der Waals surface area contributed by atoms with E-state index in [0.29, 0.717) is 10.6 Å². The van der Waals surface area contributed by atoms with Crippen LogP contribution < -0.4 is 14.4 Å². The number of benzene rings is 2. The lowest BCUT2D eigenvalue weighted by molar-refractivity contribution is 0.123. The Bertz CT molecular complexity index is 659. The third-order valence-corrected chi connectivity index (χ3v) is 7.65. The summed E-state index contributed by atoms with van der Waals surface area (Å²) in [7, 11) is 1.71. The van der Waals surface area contributed by atoms with Gasteiger partial charge in [0.15, 0.2) is 0 Å². The molecule has 2 saturated heterocycles. The second-order valence-corrected chi connectivity index (χ2v) is 8.72. The molecule has 24 heavy (non-hydrogen) atoms. The molecule has 0 bridgehead atoms. The van der Waals surface area contributed by atoms with Crippen molar-refractivity contribution in [1.29, 1.82) is 0 Å². The van der Waals surface area contributed by atoms with Gasteiger partial charge in [-0.15, -0.1) is 23.5 Å². The molecule has 2 aliphatic rings. The predicted octanol–water partition coefficient (Wildman–Crippen LogP) is 4.14. The van der Waals surface area contributed by atoms with E-state index < -0.39 is 0 Å². The van der Waals surface area contributed by atoms with E-state index in [9.17, 15) is 0 Å². The molecule has 5 heteroatoms. The Labute approximate surface area is 151 Å². The number of anilines is 1. The van der Waals surface area contributed by atoms with Crippen LogP contribution in [-0.4, -0.2) is 41.9 Å². The van der Waals surface area contributed by atoms with Crippen molar-refractivity contribution >= 4 is 29.2 Å². The van der Waals surface area contributed by atoms with Gasteiger partial charge in [0.2, 0.25) is 0 Å². The highest BCUT2D eigenvalue weighted by Crippen LogP contribution is 2.43. The fraction of sp³-hybridized carbons (Fsp3) is 0.368. The van der Waals surface area contributed by atoms with Gasteiger partial charge in [0, 0.05) is 17.2 Å². The van der Waals surface area contributed by atoms with E-state index in [4.69, 9.17) is 9.47 Å². The summed E-state index contributed by atoms with van der Waals surface area (Å²) in [5, 5.41) is 0. The van der Waals surface area contributed by atoms with E-state index in [1.165, 1.54) is 17.2 Å². The van der Waals surface area contributed by atoms with E-state index in [-0.39, 0.29) is 6.10 Å². The molecule has 0 saturated carbocycles. The lowest BCUT2D eigenvalue weighted by Crippen LogP contribution is -2.66. The van der Waals surface area contributed by atoms with E-state index in [1.54, 1.807) is 7.11 Å². The van der Waals surface area contributed by atoms with E-state index in [1.807, 2.05) is 42.5 Å². The van der Waals surface area contributed by atoms with Gasteiger partial charge in [-0.3, -0.25) is 0 Å². The monoisotopic (exact) mass is 359 g/mol. The molecule has 2 aromatic rings. The van der Waals surface area contributed by atoms with Crippen molar-refractivity contribution in [3.63, 3.8) is 0 Å². The number of ether oxygens (including phenoxy) is 2. The maximum Gasteiger partial charge on any atom is 0.138 e. The van der Waals surface area contributed by atoms with Crippen molar-refractivity contribution in [2.75, 3.05) is 30.1 Å². The molecule has 0 N–H and O–H groups in total. The quantitative estimate of drug-likeness (QED) is 0.798. The topological polar surface area (TPSA) is 21.7 Å². The van der Waals surface area contributed by atoms with Gasteiger partial charge in [-0.2, -0.15) is 0 Å². The summed E-state index contributed by atoms with van der Waals surface area (Å²) < 4.78 is 12.1. The molecule has 2 aromatic carbocycles. The van der Waals surface area contributed by atoms with E-state index in [0.717, 1.165) is 18.0 Å². The molecule has 0 spiro atoms. The molecule has 126 valence electrons. The van der Waals surface area contributed by atoms with Crippen LogP contribution in [0.3, 0.4) is 0 Å². The number of rotatable bonds is 5. The fourth-order valence-electron chi connectivity index (χ4n) is 3.21. The van der Waals surface area contributed by atoms with Gasteiger partial charge in [-0.05, 0) is 36.4 Å². The smallest absolute Gasteiger partial charge is 0.138 e. The summed E-state index contributed by atoms with van der Waals surface area (Å²) in [5.74, 6) is 4.34. The fourth-order valence-corrected chi connectivity index (χ4v) is 6.45. The summed E-state index contributed by atoms with van der Waals surface area (Å²) in [5.41, 5.74) is 1.25. The second-order valence-electron chi connectivity index (χ2n) is 5.92. The molecular weight excluding hydrogens is 338 g/mol. The molecule has 2 heterocycles. The first-order chi connectivity index (χ1) is 11.8. The zero-order chi connectivity index (χ0) is 16.4. The summed E-state index contributed by atoms with van der Waals surface area (Å²) in [6, 6.07) is 19.0. The molecule has 2 atom stereocenters. The van der Waals surface area contributed by atoms with Gasteiger partial charge in [0.05, 0.1) is 24.3 Å². The number of methoxy groups -OCH3 is 1. The van der Waals surface area contributed by atoms with Gasteiger partial charge in [-0.25, -0.2) is 0 Å². The zero-order valence-corrected chi connectivity index (χ0v) is 15.3. The first-order valence-electron chi connectivity index (χ1n) is 8.21. The Morgan fingerprint density at radius 3 is 2.29 bits per heavy atom. The molecule has 0 amide bonds. The Kier molecular flexibility index (Phi) is 4.81. The molecule has 3 nitrogen and oxygen atoms in total. The van der Waals surface area contributed by atoms with Gasteiger partial charge < -0.3 is 14.4 Å². The lowest BCUT2D eigenvalue weighted by Gasteiger charge is -2.51. The minimum atomic E-state index is 0.248. The number of para-hydroxylation sites is 1. The maximum absolute atomic E-state index is 6.28. The second kappa shape index (κ2) is 7.19. The first-order valence-corrected chi connectivity index (χ1v) is 10.3. The SMILES string of the molecule is COc1ccc(N2C[C@@H](Oc3ccccc3)[C@H]2C2SCCS2)cc1. The molecule has 0 unspecified atom stereocenters. The number of hydrogen-bond acceptors (Lipinski definition) is 5. The summed E-state index contributed by atoms with van der Waals surface area (Å²) >= 11 is 4.13. The number of hydrogen-bond donors (Lipinski definition) is 0. The van der Waals surface area contributed by atoms with Gasteiger partial charge >= 0.3 is 0 Å². The standard InChI is InChI=1S/C19H21NO2S2/c1-21-15-9-7-14(8-10-15)20-13-17(18(20)19-23-11-12-24-19)22-16-5-3-2-4-6-16/h2-10,17-19H,11-13H2,1H3/t17-,18+/m1/s1. The Hall–Kier alpha value is -1.46. The van der Waals surface area contributed by atoms with Crippen LogP contribution >= 0.6 is 23.5 Å². The lowest BCUT2D eigenvalue weighted by atomic mass is 9.99. The van der Waals surface area contributed by atoms with Gasteiger partial charge in [0.1, 0.15) is 17.6 Å². The Morgan fingerprint density at radius 2 is 1.62 bits per heavy atom. The van der Waals surface area contributed by atoms with Crippen LogP contribution in [0.25, 0.3) is 0 Å². The molecule has 4 rings (SSSR count). The maximum atomic E-state index is 6.28. The highest BCUT2D eigenvalue weighted by atomic mass is 32.2. The van der Waals surface area contributed by atoms with Crippen LogP contribution in [0.5, 0.6) is 11.5 Å². The van der Waals surface area contributed by atoms with Crippen molar-refractivity contribution in [3.8, 4) is 11.5 Å². The van der Waals surface area contributed by atoms with Crippen LogP contribution in [0.1, 0.15) is 0 Å². The average molecular weight is 360 g/mol. The minimum absolute atomic E-state index is 0.248. The van der Waals surface area contributed by atoms with Crippen LogP contribution in [0.15, 0.2) is 54.6 Å². The van der Waals surface area contributed by atoms with Crippen molar-refractivity contribution in [2.24, 2.45) is 0 Å². The van der Waals surface area contributed by atoms with Crippen molar-refractivity contribution in [1.82, 2.24) is 0 Å². The summed E-state index contributed by atoms with van der Waals surface area (Å²) in [6.07, 6.45) is 0.248. The van der Waals surface area contributed by atoms with Crippen LogP contribution in [0, 0.1) is 0 Å². The molecule has 0 aromatic heterocycles. The predicted molar refractivity (Wildman–Crippen MR) is 104 cm³/mol. The number of nitrogens with zero attached hydrogens (tertiary/aromatic N) is 1. The number of thioether (sulfide) groups is 2. The molecule has 0 radical (unpaired) electrons. The minimum Gasteiger partial charge on any atom is -0.497 e. The Balaban J connectivity index is 1.52. The normalized spacial score (nSPS) is 23.8. The largest absolute Gasteiger partial charge is 0.497 e. The van der Waals surface area contributed by atoms with Crippen LogP contribution in [-0.2, 0) is 0 Å². The third kappa shape index (κ3) is 3.20. The first kappa shape index (κ1) is 16.0. The third-order valence-electron chi connectivity index (χ3n) is 4.48. The highest BCUT2D eigenvalue weighted by molar-refractivity contribution is 8.20. The van der Waals surface area contributed by atoms with Crippen molar-refractivity contribution < 1.29 is 9.47 Å². The van der Waals surface area contributed by atoms with E-state index >= 15 is 0 Å². The Morgan fingerprint density at radius 1 is 0.917 bits per heavy atom. The average Bonchev–Trinajstić information content (AvgIpc) is 3.13. The molecule has 0 aliphatic carbocycles. The molecule has 2 aliphatic heterocycles. The van der Waals surface area contributed by atoms with Crippen molar-refractivity contribution in [3.05, 3.63) is 54.6 Å². The van der Waals surface area contributed by atoms with Crippen molar-refractivity contribution in [2.45, 2.75) is 16.7 Å². The highest BCUT2D eigenvalue weighted by Gasteiger charge is 2.47.